The van der Waals surface area contributed by atoms with Crippen LogP contribution >= 0.6 is 0 Å². The number of anilines is 2. The highest BCUT2D eigenvalue weighted by molar-refractivity contribution is 5.98. The summed E-state index contributed by atoms with van der Waals surface area (Å²) < 4.78 is 10.5. The van der Waals surface area contributed by atoms with Crippen molar-refractivity contribution in [1.82, 2.24) is 0 Å². The number of aryl methyl sites for hydroxylation is 1. The Morgan fingerprint density at radius 3 is 2.53 bits per heavy atom. The van der Waals surface area contributed by atoms with E-state index in [9.17, 15) is 4.79 Å². The zero-order chi connectivity index (χ0) is 14.6. The summed E-state index contributed by atoms with van der Waals surface area (Å²) in [6, 6.07) is 3.40. The van der Waals surface area contributed by atoms with Gasteiger partial charge in [-0.15, -0.1) is 0 Å². The molecule has 0 saturated heterocycles. The molecule has 0 radical (unpaired) electrons. The van der Waals surface area contributed by atoms with Crippen molar-refractivity contribution in [2.45, 2.75) is 32.8 Å². The SMILES string of the molecule is COC(C)(C)CCOC(=O)c1cc(C)cc(N)c1N. The number of ether oxygens (including phenoxy) is 2. The fourth-order valence-electron chi connectivity index (χ4n) is 1.56. The minimum atomic E-state index is -0.459. The van der Waals surface area contributed by atoms with Gasteiger partial charge in [0.05, 0.1) is 29.1 Å². The molecule has 0 bridgehead atoms. The molecule has 0 atom stereocenters. The first-order valence-corrected chi connectivity index (χ1v) is 6.14. The number of benzene rings is 1. The first kappa shape index (κ1) is 15.3. The lowest BCUT2D eigenvalue weighted by atomic mass is 10.1. The van der Waals surface area contributed by atoms with Gasteiger partial charge in [0.1, 0.15) is 0 Å². The van der Waals surface area contributed by atoms with Gasteiger partial charge >= 0.3 is 5.97 Å². The second kappa shape index (κ2) is 5.93. The van der Waals surface area contributed by atoms with E-state index in [0.717, 1.165) is 5.56 Å². The average Bonchev–Trinajstić information content (AvgIpc) is 2.33. The predicted octanol–water partition coefficient (Wildman–Crippen LogP) is 2.13. The molecule has 5 nitrogen and oxygen atoms in total. The molecule has 1 aromatic carbocycles. The third-order valence-corrected chi connectivity index (χ3v) is 3.07. The number of nitrogens with two attached hydrogens (primary N) is 2. The minimum Gasteiger partial charge on any atom is -0.462 e. The summed E-state index contributed by atoms with van der Waals surface area (Å²) in [5.74, 6) is -0.459. The summed E-state index contributed by atoms with van der Waals surface area (Å²) in [6.45, 7) is 5.98. The second-order valence-corrected chi connectivity index (χ2v) is 5.17. The Bertz CT molecular complexity index is 470. The molecule has 0 aliphatic rings. The molecule has 1 rings (SSSR count). The van der Waals surface area contributed by atoms with Crippen molar-refractivity contribution in [3.05, 3.63) is 23.3 Å². The predicted molar refractivity (Wildman–Crippen MR) is 76.0 cm³/mol. The Hall–Kier alpha value is -1.75. The van der Waals surface area contributed by atoms with Gasteiger partial charge in [-0.2, -0.15) is 0 Å². The number of hydrogen-bond acceptors (Lipinski definition) is 5. The third-order valence-electron chi connectivity index (χ3n) is 3.07. The first-order chi connectivity index (χ1) is 8.76. The summed E-state index contributed by atoms with van der Waals surface area (Å²) >= 11 is 0. The molecule has 5 heteroatoms. The lowest BCUT2D eigenvalue weighted by molar-refractivity contribution is -0.00560. The maximum Gasteiger partial charge on any atom is 0.340 e. The molecule has 0 amide bonds. The van der Waals surface area contributed by atoms with E-state index in [1.165, 1.54) is 0 Å². The van der Waals surface area contributed by atoms with Crippen molar-refractivity contribution >= 4 is 17.3 Å². The maximum absolute atomic E-state index is 11.9. The Kier molecular flexibility index (Phi) is 4.78. The van der Waals surface area contributed by atoms with Gasteiger partial charge in [-0.3, -0.25) is 0 Å². The van der Waals surface area contributed by atoms with Gasteiger partial charge in [0.25, 0.3) is 0 Å². The molecular formula is C14H22N2O3. The van der Waals surface area contributed by atoms with E-state index in [1.54, 1.807) is 19.2 Å². The van der Waals surface area contributed by atoms with E-state index >= 15 is 0 Å². The Morgan fingerprint density at radius 2 is 1.95 bits per heavy atom. The number of nitrogen functional groups attached to an aromatic ring is 2. The van der Waals surface area contributed by atoms with Crippen LogP contribution in [0.5, 0.6) is 0 Å². The molecule has 0 saturated carbocycles. The van der Waals surface area contributed by atoms with E-state index < -0.39 is 5.97 Å². The van der Waals surface area contributed by atoms with Gasteiger partial charge in [0, 0.05) is 13.5 Å². The summed E-state index contributed by atoms with van der Waals surface area (Å²) in [5.41, 5.74) is 13.0. The van der Waals surface area contributed by atoms with Crippen LogP contribution in [0.1, 0.15) is 36.2 Å². The highest BCUT2D eigenvalue weighted by Crippen LogP contribution is 2.23. The molecule has 0 spiro atoms. The van der Waals surface area contributed by atoms with Crippen LogP contribution < -0.4 is 11.5 Å². The maximum atomic E-state index is 11.9. The Balaban J connectivity index is 2.69. The number of esters is 1. The number of hydrogen-bond donors (Lipinski definition) is 2. The van der Waals surface area contributed by atoms with Crippen LogP contribution in [0.4, 0.5) is 11.4 Å². The minimum absolute atomic E-state index is 0.265. The molecule has 0 aliphatic heterocycles. The van der Waals surface area contributed by atoms with Crippen molar-refractivity contribution < 1.29 is 14.3 Å². The quantitative estimate of drug-likeness (QED) is 0.629. The summed E-state index contributed by atoms with van der Waals surface area (Å²) in [4.78, 5) is 11.9. The summed E-state index contributed by atoms with van der Waals surface area (Å²) in [5, 5.41) is 0. The number of rotatable bonds is 5. The van der Waals surface area contributed by atoms with E-state index in [1.807, 2.05) is 20.8 Å². The lowest BCUT2D eigenvalue weighted by Crippen LogP contribution is -2.25. The van der Waals surface area contributed by atoms with E-state index in [-0.39, 0.29) is 17.9 Å². The highest BCUT2D eigenvalue weighted by atomic mass is 16.5. The fraction of sp³-hybridized carbons (Fsp3) is 0.500. The van der Waals surface area contributed by atoms with Gasteiger partial charge in [-0.05, 0) is 38.5 Å². The molecule has 0 unspecified atom stereocenters. The molecule has 0 aliphatic carbocycles. The van der Waals surface area contributed by atoms with E-state index in [4.69, 9.17) is 20.9 Å². The van der Waals surface area contributed by atoms with E-state index in [0.29, 0.717) is 17.7 Å². The van der Waals surface area contributed by atoms with Crippen LogP contribution in [0, 0.1) is 6.92 Å². The highest BCUT2D eigenvalue weighted by Gasteiger charge is 2.19. The van der Waals surface area contributed by atoms with Gasteiger partial charge in [0.15, 0.2) is 0 Å². The first-order valence-electron chi connectivity index (χ1n) is 6.14. The topological polar surface area (TPSA) is 87.6 Å². The molecule has 0 heterocycles. The second-order valence-electron chi connectivity index (χ2n) is 5.17. The van der Waals surface area contributed by atoms with Crippen LogP contribution in [-0.4, -0.2) is 25.3 Å². The van der Waals surface area contributed by atoms with Crippen molar-refractivity contribution in [1.29, 1.82) is 0 Å². The van der Waals surface area contributed by atoms with Crippen molar-refractivity contribution in [2.75, 3.05) is 25.2 Å². The Morgan fingerprint density at radius 1 is 1.32 bits per heavy atom. The summed E-state index contributed by atoms with van der Waals surface area (Å²) in [6.07, 6.45) is 0.608. The lowest BCUT2D eigenvalue weighted by Gasteiger charge is -2.22. The number of carbonyl (C=O) groups excluding carboxylic acids is 1. The van der Waals surface area contributed by atoms with Crippen LogP contribution in [-0.2, 0) is 9.47 Å². The largest absolute Gasteiger partial charge is 0.462 e. The Labute approximate surface area is 113 Å². The van der Waals surface area contributed by atoms with Crippen molar-refractivity contribution in [2.24, 2.45) is 0 Å². The monoisotopic (exact) mass is 266 g/mol. The molecule has 106 valence electrons. The van der Waals surface area contributed by atoms with Crippen LogP contribution in [0.3, 0.4) is 0 Å². The van der Waals surface area contributed by atoms with Crippen molar-refractivity contribution in [3.63, 3.8) is 0 Å². The van der Waals surface area contributed by atoms with Gasteiger partial charge in [-0.1, -0.05) is 0 Å². The standard InChI is InChI=1S/C14H22N2O3/c1-9-7-10(12(16)11(15)8-9)13(17)19-6-5-14(2,3)18-4/h7-8H,5-6,15-16H2,1-4H3. The smallest absolute Gasteiger partial charge is 0.340 e. The third kappa shape index (κ3) is 4.13. The average molecular weight is 266 g/mol. The summed E-state index contributed by atoms with van der Waals surface area (Å²) in [7, 11) is 1.63. The van der Waals surface area contributed by atoms with Crippen LogP contribution in [0.25, 0.3) is 0 Å². The van der Waals surface area contributed by atoms with Crippen molar-refractivity contribution in [3.8, 4) is 0 Å². The fourth-order valence-corrected chi connectivity index (χ4v) is 1.56. The van der Waals surface area contributed by atoms with Crippen LogP contribution in [0.2, 0.25) is 0 Å². The van der Waals surface area contributed by atoms with Gasteiger partial charge in [0.2, 0.25) is 0 Å². The molecular weight excluding hydrogens is 244 g/mol. The van der Waals surface area contributed by atoms with E-state index in [2.05, 4.69) is 0 Å². The van der Waals surface area contributed by atoms with Crippen LogP contribution in [0.15, 0.2) is 12.1 Å². The van der Waals surface area contributed by atoms with Gasteiger partial charge in [-0.25, -0.2) is 4.79 Å². The normalized spacial score (nSPS) is 11.4. The zero-order valence-corrected chi connectivity index (χ0v) is 11.9. The molecule has 0 fully saturated rings. The number of methoxy groups -OCH3 is 1. The zero-order valence-electron chi connectivity index (χ0n) is 11.9. The number of carbonyl (C=O) groups is 1. The molecule has 0 aromatic heterocycles. The molecule has 4 N–H and O–H groups in total. The molecule has 1 aromatic rings. The molecule has 19 heavy (non-hydrogen) atoms. The van der Waals surface area contributed by atoms with Gasteiger partial charge < -0.3 is 20.9 Å².